The number of carbonyl (C=O) groups excluding carboxylic acids is 12. The van der Waals surface area contributed by atoms with Crippen molar-refractivity contribution in [2.45, 2.75) is 18.4 Å². The standard InChI is InChI=1S/C55H66N6O26/c62-40-1-2-41(63)56(40)31-54(32-57-42(64)3-4-43(57)65,37-86-26-25-84-22-21-82-19-17-80-15-13-78-11-9-50(72)73)33-60-48(70)29-38(52(60)76)39-30-49(71)61(53(39)77)36-55(34-58-44(66)5-6-45(58)67,35-59-46(68)7-8-47(59)69)87-28-27-85-24-23-83-20-18-81-16-14-79-12-10-51(74)75/h1-8,29-30H,9-28,31-37H2,(H,72,73)(H,74,75). The molecule has 0 unspecified atom stereocenters. The van der Waals surface area contributed by atoms with Crippen molar-refractivity contribution in [2.75, 3.05) is 165 Å². The average molecular weight is 1230 g/mol. The fraction of sp³-hybridized carbons (Fsp3) is 0.527. The maximum Gasteiger partial charge on any atom is 0.305 e. The van der Waals surface area contributed by atoms with Crippen molar-refractivity contribution in [1.82, 2.24) is 29.4 Å². The van der Waals surface area contributed by atoms with E-state index >= 15 is 0 Å². The van der Waals surface area contributed by atoms with Crippen LogP contribution in [0.3, 0.4) is 0 Å². The van der Waals surface area contributed by atoms with E-state index in [0.29, 0.717) is 19.6 Å². The first-order chi connectivity index (χ1) is 41.7. The van der Waals surface area contributed by atoms with Gasteiger partial charge in [-0.05, 0) is 0 Å². The number of aliphatic carboxylic acids is 2. The highest BCUT2D eigenvalue weighted by Crippen LogP contribution is 2.34. The lowest BCUT2D eigenvalue weighted by molar-refractivity contribution is -0.159. The molecule has 0 bridgehead atoms. The minimum atomic E-state index is -2.15. The number of ether oxygens (including phenoxy) is 10. The van der Waals surface area contributed by atoms with E-state index in [2.05, 4.69) is 0 Å². The first kappa shape index (κ1) is 67.9. The minimum absolute atomic E-state index is 0.000133. The van der Waals surface area contributed by atoms with Gasteiger partial charge >= 0.3 is 11.9 Å². The van der Waals surface area contributed by atoms with Gasteiger partial charge in [-0.25, -0.2) is 0 Å². The van der Waals surface area contributed by atoms with Gasteiger partial charge in [-0.3, -0.25) is 96.5 Å². The molecule has 0 aliphatic carbocycles. The topological polar surface area (TPSA) is 391 Å². The molecule has 2 N–H and O–H groups in total. The lowest BCUT2D eigenvalue weighted by Gasteiger charge is -2.40. The molecule has 12 amide bonds. The fourth-order valence-electron chi connectivity index (χ4n) is 9.06. The molecule has 0 spiro atoms. The lowest BCUT2D eigenvalue weighted by Crippen LogP contribution is -2.61. The predicted molar refractivity (Wildman–Crippen MR) is 286 cm³/mol. The fourth-order valence-corrected chi connectivity index (χ4v) is 9.06. The van der Waals surface area contributed by atoms with Crippen LogP contribution in [0.2, 0.25) is 0 Å². The highest BCUT2D eigenvalue weighted by atomic mass is 16.6. The molecule has 0 aromatic heterocycles. The molecule has 0 aromatic carbocycles. The minimum Gasteiger partial charge on any atom is -0.481 e. The number of carboxylic acid groups (broad SMARTS) is 2. The van der Waals surface area contributed by atoms with Crippen LogP contribution in [0, 0.1) is 5.41 Å². The zero-order chi connectivity index (χ0) is 62.9. The van der Waals surface area contributed by atoms with Crippen LogP contribution in [0.25, 0.3) is 0 Å². The summed E-state index contributed by atoms with van der Waals surface area (Å²) in [7, 11) is 0. The SMILES string of the molecule is O=C(O)CCOCCOCCOCCOCCOCC(CN1C(=O)C=CC1=O)(CN1C(=O)C=CC1=O)CN1C(=O)C=C(C2=CC(=O)N(CC(CN3C(=O)C=CC3=O)(CN3C(=O)C=CC3=O)OCCOCCOCCOCCOCCC(=O)O)C2=O)C1=O. The van der Waals surface area contributed by atoms with Crippen LogP contribution < -0.4 is 0 Å². The molecule has 0 atom stereocenters. The predicted octanol–water partition coefficient (Wildman–Crippen LogP) is -3.88. The Hall–Kier alpha value is -8.18. The van der Waals surface area contributed by atoms with E-state index in [-0.39, 0.29) is 125 Å². The van der Waals surface area contributed by atoms with E-state index in [1.54, 1.807) is 0 Å². The van der Waals surface area contributed by atoms with Crippen LogP contribution in [-0.4, -0.2) is 293 Å². The number of amides is 12. The zero-order valence-electron chi connectivity index (χ0n) is 47.2. The molecule has 32 nitrogen and oxygen atoms in total. The Kier molecular flexibility index (Phi) is 26.3. The third-order valence-electron chi connectivity index (χ3n) is 13.3. The summed E-state index contributed by atoms with van der Waals surface area (Å²) >= 11 is 0. The molecule has 0 aromatic rings. The molecule has 472 valence electrons. The van der Waals surface area contributed by atoms with Gasteiger partial charge in [0.15, 0.2) is 0 Å². The summed E-state index contributed by atoms with van der Waals surface area (Å²) in [4.78, 5) is 187. The number of nitrogens with zero attached hydrogens (tertiary/aromatic N) is 6. The third kappa shape index (κ3) is 20.2. The van der Waals surface area contributed by atoms with Crippen LogP contribution >= 0.6 is 0 Å². The Balaban J connectivity index is 1.12. The van der Waals surface area contributed by atoms with Crippen LogP contribution in [0.1, 0.15) is 12.8 Å². The Labute approximate surface area is 496 Å². The maximum absolute atomic E-state index is 14.6. The quantitative estimate of drug-likeness (QED) is 0.0435. The third-order valence-corrected chi connectivity index (χ3v) is 13.3. The molecule has 6 aliphatic rings. The summed E-state index contributed by atoms with van der Waals surface area (Å²) in [6.45, 7) is -3.91. The second-order valence-corrected chi connectivity index (χ2v) is 19.7. The molecule has 87 heavy (non-hydrogen) atoms. The molecule has 0 saturated heterocycles. The summed E-state index contributed by atoms with van der Waals surface area (Å²) in [5, 5.41) is 17.3. The smallest absolute Gasteiger partial charge is 0.305 e. The zero-order valence-corrected chi connectivity index (χ0v) is 47.2. The summed E-state index contributed by atoms with van der Waals surface area (Å²) in [5.41, 5.74) is -5.24. The van der Waals surface area contributed by atoms with Crippen LogP contribution in [-0.2, 0) is 114 Å². The molecule has 6 heterocycles. The van der Waals surface area contributed by atoms with Gasteiger partial charge in [0, 0.05) is 85.8 Å². The van der Waals surface area contributed by atoms with Crippen molar-refractivity contribution < 1.29 is 125 Å². The number of imide groups is 6. The van der Waals surface area contributed by atoms with Gasteiger partial charge in [-0.15, -0.1) is 0 Å². The van der Waals surface area contributed by atoms with E-state index in [0.717, 1.165) is 70.6 Å². The molecule has 6 rings (SSSR count). The molecule has 0 fully saturated rings. The Morgan fingerprint density at radius 2 is 0.552 bits per heavy atom. The van der Waals surface area contributed by atoms with Crippen molar-refractivity contribution in [2.24, 2.45) is 5.41 Å². The number of carboxylic acids is 2. The van der Waals surface area contributed by atoms with Gasteiger partial charge in [0.2, 0.25) is 0 Å². The van der Waals surface area contributed by atoms with E-state index in [4.69, 9.17) is 57.6 Å². The second-order valence-electron chi connectivity index (χ2n) is 19.7. The van der Waals surface area contributed by atoms with Gasteiger partial charge in [-0.2, -0.15) is 0 Å². The average Bonchev–Trinajstić information content (AvgIpc) is 1.93. The van der Waals surface area contributed by atoms with E-state index in [1.807, 2.05) is 0 Å². The highest BCUT2D eigenvalue weighted by Gasteiger charge is 2.51. The van der Waals surface area contributed by atoms with Crippen LogP contribution in [0.4, 0.5) is 0 Å². The van der Waals surface area contributed by atoms with Crippen LogP contribution in [0.15, 0.2) is 71.9 Å². The molecular weight excluding hydrogens is 1160 g/mol. The number of rotatable bonds is 46. The van der Waals surface area contributed by atoms with E-state index in [1.165, 1.54) is 0 Å². The molecular formula is C55H66N6O26. The summed E-state index contributed by atoms with van der Waals surface area (Å²) in [6.07, 6.45) is 8.85. The van der Waals surface area contributed by atoms with Crippen LogP contribution in [0.5, 0.6) is 0 Å². The molecule has 0 radical (unpaired) electrons. The Morgan fingerprint density at radius 1 is 0.310 bits per heavy atom. The van der Waals surface area contributed by atoms with Crippen molar-refractivity contribution in [3.63, 3.8) is 0 Å². The molecule has 32 heteroatoms. The number of hydrogen-bond acceptors (Lipinski definition) is 24. The van der Waals surface area contributed by atoms with Crippen molar-refractivity contribution >= 4 is 82.8 Å². The van der Waals surface area contributed by atoms with E-state index < -0.39 is 157 Å². The van der Waals surface area contributed by atoms with Gasteiger partial charge in [0.25, 0.3) is 70.9 Å². The van der Waals surface area contributed by atoms with Crippen molar-refractivity contribution in [1.29, 1.82) is 0 Å². The van der Waals surface area contributed by atoms with E-state index in [9.17, 15) is 67.1 Å². The van der Waals surface area contributed by atoms with Gasteiger partial charge < -0.3 is 57.6 Å². The monoisotopic (exact) mass is 1230 g/mol. The summed E-state index contributed by atoms with van der Waals surface area (Å²) < 4.78 is 55.5. The lowest BCUT2D eigenvalue weighted by atomic mass is 9.86. The highest BCUT2D eigenvalue weighted by molar-refractivity contribution is 6.28. The second kappa shape index (κ2) is 33.7. The first-order valence-corrected chi connectivity index (χ1v) is 27.3. The first-order valence-electron chi connectivity index (χ1n) is 27.3. The maximum atomic E-state index is 14.6. The number of hydrogen-bond donors (Lipinski definition) is 2. The summed E-state index contributed by atoms with van der Waals surface area (Å²) in [6, 6.07) is 0. The van der Waals surface area contributed by atoms with Gasteiger partial charge in [-0.1, -0.05) is 0 Å². The van der Waals surface area contributed by atoms with Crippen molar-refractivity contribution in [3.8, 4) is 0 Å². The van der Waals surface area contributed by atoms with Gasteiger partial charge in [0.05, 0.1) is 169 Å². The molecule has 0 saturated carbocycles. The number of carbonyl (C=O) groups is 14. The van der Waals surface area contributed by atoms with Gasteiger partial charge in [0.1, 0.15) is 5.60 Å². The Morgan fingerprint density at radius 3 is 0.862 bits per heavy atom. The molecule has 6 aliphatic heterocycles. The normalized spacial score (nSPS) is 17.1. The summed E-state index contributed by atoms with van der Waals surface area (Å²) in [5.74, 6) is -13.1. The Bertz CT molecular complexity index is 2680. The van der Waals surface area contributed by atoms with Crippen molar-refractivity contribution in [3.05, 3.63) is 71.9 Å². The largest absolute Gasteiger partial charge is 0.481 e.